The van der Waals surface area contributed by atoms with E-state index in [1.807, 2.05) is 17.8 Å². The third-order valence-electron chi connectivity index (χ3n) is 3.65. The normalized spacial score (nSPS) is 34.7. The quantitative estimate of drug-likeness (QED) is 0.617. The molecule has 1 aliphatic heterocycles. The van der Waals surface area contributed by atoms with E-state index in [4.69, 9.17) is 0 Å². The van der Waals surface area contributed by atoms with Gasteiger partial charge in [-0.3, -0.25) is 4.79 Å². The maximum atomic E-state index is 11.9. The highest BCUT2D eigenvalue weighted by molar-refractivity contribution is 8.07. The third-order valence-corrected chi connectivity index (χ3v) is 5.06. The molecule has 1 nitrogen and oxygen atoms in total. The van der Waals surface area contributed by atoms with Gasteiger partial charge < -0.3 is 0 Å². The van der Waals surface area contributed by atoms with Gasteiger partial charge in [0.05, 0.1) is 5.92 Å². The van der Waals surface area contributed by atoms with Crippen LogP contribution in [0, 0.1) is 0 Å². The molecule has 1 saturated heterocycles. The molecule has 15 heavy (non-hydrogen) atoms. The molecule has 2 heteroatoms. The lowest BCUT2D eigenvalue weighted by molar-refractivity contribution is -0.116. The highest BCUT2D eigenvalue weighted by atomic mass is 32.2. The Kier molecular flexibility index (Phi) is 1.39. The molecule has 0 bridgehead atoms. The maximum Gasteiger partial charge on any atom is 0.164 e. The number of rotatable bonds is 0. The first-order valence-electron chi connectivity index (χ1n) is 5.34. The highest BCUT2D eigenvalue weighted by Crippen LogP contribution is 2.57. The minimum Gasteiger partial charge on any atom is -0.294 e. The van der Waals surface area contributed by atoms with Gasteiger partial charge in [-0.15, -0.1) is 0 Å². The summed E-state index contributed by atoms with van der Waals surface area (Å²) in [4.78, 5) is 11.9. The number of benzene rings is 1. The number of fused-ring (bicyclic) bond motifs is 2. The summed E-state index contributed by atoms with van der Waals surface area (Å²) in [6.07, 6.45) is 4.90. The predicted molar refractivity (Wildman–Crippen MR) is 62.1 cm³/mol. The van der Waals surface area contributed by atoms with Crippen LogP contribution in [0.25, 0.3) is 6.08 Å². The monoisotopic (exact) mass is 214 g/mol. The Morgan fingerprint density at radius 2 is 2.20 bits per heavy atom. The Bertz CT molecular complexity index is 503. The molecule has 0 saturated carbocycles. The van der Waals surface area contributed by atoms with Gasteiger partial charge in [0.1, 0.15) is 0 Å². The van der Waals surface area contributed by atoms with Crippen molar-refractivity contribution in [1.29, 1.82) is 0 Å². The second-order valence-electron chi connectivity index (χ2n) is 4.48. The second kappa shape index (κ2) is 2.56. The molecule has 1 heterocycles. The number of hydrogen-bond donors (Lipinski definition) is 0. The standard InChI is InChI=1S/C13H10OS/c14-9-5-4-7-2-1-3-8-6-10-13(15-10)12(9)11(7)8/h1-5,10,12-13H,6H2. The Balaban J connectivity index is 2.03. The third kappa shape index (κ3) is 0.979. The van der Waals surface area contributed by atoms with Gasteiger partial charge in [-0.25, -0.2) is 0 Å². The summed E-state index contributed by atoms with van der Waals surface area (Å²) < 4.78 is 0. The Labute approximate surface area is 92.6 Å². The molecule has 1 fully saturated rings. The Hall–Kier alpha value is -1.02. The fourth-order valence-electron chi connectivity index (χ4n) is 2.91. The predicted octanol–water partition coefficient (Wildman–Crippen LogP) is 2.41. The number of carbonyl (C=O) groups excluding carboxylic acids is 1. The summed E-state index contributed by atoms with van der Waals surface area (Å²) >= 11 is 1.98. The van der Waals surface area contributed by atoms with E-state index >= 15 is 0 Å². The van der Waals surface area contributed by atoms with E-state index in [2.05, 4.69) is 18.2 Å². The molecule has 0 radical (unpaired) electrons. The van der Waals surface area contributed by atoms with E-state index in [1.165, 1.54) is 16.7 Å². The second-order valence-corrected chi connectivity index (χ2v) is 5.90. The van der Waals surface area contributed by atoms with Gasteiger partial charge in [-0.05, 0) is 29.2 Å². The number of carbonyl (C=O) groups is 1. The fourth-order valence-corrected chi connectivity index (χ4v) is 4.18. The number of allylic oxidation sites excluding steroid dienone is 1. The molecular weight excluding hydrogens is 204 g/mol. The fraction of sp³-hybridized carbons (Fsp3) is 0.308. The largest absolute Gasteiger partial charge is 0.294 e. The molecule has 3 unspecified atom stereocenters. The zero-order valence-corrected chi connectivity index (χ0v) is 8.96. The lowest BCUT2D eigenvalue weighted by Crippen LogP contribution is -2.27. The Morgan fingerprint density at radius 3 is 3.13 bits per heavy atom. The molecule has 0 N–H and O–H groups in total. The van der Waals surface area contributed by atoms with Crippen LogP contribution in [-0.4, -0.2) is 16.3 Å². The molecule has 0 amide bonds. The van der Waals surface area contributed by atoms with Gasteiger partial charge in [-0.2, -0.15) is 11.8 Å². The number of ketones is 1. The molecule has 3 atom stereocenters. The molecule has 74 valence electrons. The van der Waals surface area contributed by atoms with E-state index in [0.29, 0.717) is 16.3 Å². The zero-order valence-electron chi connectivity index (χ0n) is 8.14. The van der Waals surface area contributed by atoms with Crippen molar-refractivity contribution >= 4 is 23.6 Å². The van der Waals surface area contributed by atoms with Gasteiger partial charge in [0.2, 0.25) is 0 Å². The van der Waals surface area contributed by atoms with Crippen LogP contribution in [0.1, 0.15) is 22.6 Å². The van der Waals surface area contributed by atoms with E-state index in [1.54, 1.807) is 6.08 Å². The molecule has 2 aliphatic carbocycles. The zero-order chi connectivity index (χ0) is 9.99. The van der Waals surface area contributed by atoms with E-state index in [9.17, 15) is 4.79 Å². The average molecular weight is 214 g/mol. The lowest BCUT2D eigenvalue weighted by Gasteiger charge is -2.26. The van der Waals surface area contributed by atoms with Gasteiger partial charge >= 0.3 is 0 Å². The maximum absolute atomic E-state index is 11.9. The van der Waals surface area contributed by atoms with Crippen LogP contribution < -0.4 is 0 Å². The van der Waals surface area contributed by atoms with Crippen LogP contribution in [0.15, 0.2) is 24.3 Å². The summed E-state index contributed by atoms with van der Waals surface area (Å²) in [6.45, 7) is 0. The van der Waals surface area contributed by atoms with Crippen molar-refractivity contribution in [3.8, 4) is 0 Å². The first-order valence-corrected chi connectivity index (χ1v) is 6.28. The number of thioether (sulfide) groups is 1. The summed E-state index contributed by atoms with van der Waals surface area (Å²) in [6, 6.07) is 6.42. The van der Waals surface area contributed by atoms with Crippen molar-refractivity contribution in [2.75, 3.05) is 0 Å². The van der Waals surface area contributed by atoms with Crippen molar-refractivity contribution in [2.24, 2.45) is 0 Å². The van der Waals surface area contributed by atoms with Gasteiger partial charge in [0.25, 0.3) is 0 Å². The topological polar surface area (TPSA) is 17.1 Å². The molecule has 4 rings (SSSR count). The van der Waals surface area contributed by atoms with Crippen LogP contribution in [0.4, 0.5) is 0 Å². The van der Waals surface area contributed by atoms with Gasteiger partial charge in [-0.1, -0.05) is 24.3 Å². The van der Waals surface area contributed by atoms with Crippen LogP contribution in [0.3, 0.4) is 0 Å². The van der Waals surface area contributed by atoms with Crippen molar-refractivity contribution in [3.63, 3.8) is 0 Å². The van der Waals surface area contributed by atoms with E-state index < -0.39 is 0 Å². The van der Waals surface area contributed by atoms with Crippen LogP contribution in [-0.2, 0) is 11.2 Å². The average Bonchev–Trinajstić information content (AvgIpc) is 3.00. The van der Waals surface area contributed by atoms with E-state index in [-0.39, 0.29) is 5.92 Å². The summed E-state index contributed by atoms with van der Waals surface area (Å²) in [5, 5.41) is 1.30. The van der Waals surface area contributed by atoms with Crippen LogP contribution in [0.2, 0.25) is 0 Å². The summed E-state index contributed by atoms with van der Waals surface area (Å²) in [5.74, 6) is 0.486. The summed E-state index contributed by atoms with van der Waals surface area (Å²) in [7, 11) is 0. The minimum atomic E-state index is 0.171. The van der Waals surface area contributed by atoms with Crippen LogP contribution >= 0.6 is 11.8 Å². The smallest absolute Gasteiger partial charge is 0.164 e. The van der Waals surface area contributed by atoms with Crippen molar-refractivity contribution < 1.29 is 4.79 Å². The van der Waals surface area contributed by atoms with Crippen LogP contribution in [0.5, 0.6) is 0 Å². The molecule has 1 aromatic carbocycles. The van der Waals surface area contributed by atoms with Crippen molar-refractivity contribution in [3.05, 3.63) is 41.0 Å². The molecular formula is C13H10OS. The minimum absolute atomic E-state index is 0.171. The van der Waals surface area contributed by atoms with Crippen molar-refractivity contribution in [1.82, 2.24) is 0 Å². The molecule has 0 spiro atoms. The Morgan fingerprint density at radius 1 is 1.27 bits per heavy atom. The first-order chi connectivity index (χ1) is 7.34. The SMILES string of the molecule is O=C1C=Cc2cccc3c2C1C1SC1C3. The van der Waals surface area contributed by atoms with Gasteiger partial charge in [0, 0.05) is 10.5 Å². The molecule has 0 aromatic heterocycles. The highest BCUT2D eigenvalue weighted by Gasteiger charge is 2.52. The molecule has 3 aliphatic rings. The van der Waals surface area contributed by atoms with E-state index in [0.717, 1.165) is 6.42 Å². The lowest BCUT2D eigenvalue weighted by atomic mass is 9.75. The summed E-state index contributed by atoms with van der Waals surface area (Å²) in [5.41, 5.74) is 4.00. The van der Waals surface area contributed by atoms with Gasteiger partial charge in [0.15, 0.2) is 5.78 Å². The number of hydrogen-bond acceptors (Lipinski definition) is 2. The first kappa shape index (κ1) is 8.17. The molecule has 1 aromatic rings. The van der Waals surface area contributed by atoms with Crippen molar-refractivity contribution in [2.45, 2.75) is 22.8 Å².